The number of fused-ring (bicyclic) bond motifs is 1. The molecule has 4 rings (SSSR count). The van der Waals surface area contributed by atoms with Gasteiger partial charge in [0.25, 0.3) is 0 Å². The Kier molecular flexibility index (Phi) is 4.29. The van der Waals surface area contributed by atoms with Crippen LogP contribution in [-0.4, -0.2) is 20.8 Å². The molecule has 1 atom stereocenters. The summed E-state index contributed by atoms with van der Waals surface area (Å²) in [5, 5.41) is 18.0. The average molecular weight is 357 g/mol. The molecule has 0 bridgehead atoms. The van der Waals surface area contributed by atoms with E-state index in [1.165, 1.54) is 5.69 Å². The molecule has 0 saturated carbocycles. The third kappa shape index (κ3) is 3.24. The van der Waals surface area contributed by atoms with Crippen molar-refractivity contribution < 1.29 is 0 Å². The number of hydrogen-bond acceptors (Lipinski definition) is 4. The van der Waals surface area contributed by atoms with Gasteiger partial charge in [-0.05, 0) is 35.2 Å². The Morgan fingerprint density at radius 2 is 1.93 bits per heavy atom. The highest BCUT2D eigenvalue weighted by Crippen LogP contribution is 2.37. The number of pyridine rings is 1. The normalized spacial score (nSPS) is 16.6. The summed E-state index contributed by atoms with van der Waals surface area (Å²) in [6.07, 6.45) is 3.62. The summed E-state index contributed by atoms with van der Waals surface area (Å²) >= 11 is 0. The number of aromatic nitrogens is 3. The van der Waals surface area contributed by atoms with Crippen LogP contribution in [0, 0.1) is 16.7 Å². The molecule has 0 fully saturated rings. The molecular weight excluding hydrogens is 334 g/mol. The van der Waals surface area contributed by atoms with E-state index >= 15 is 0 Å². The lowest BCUT2D eigenvalue weighted by Gasteiger charge is -2.35. The molecule has 3 aromatic rings. The van der Waals surface area contributed by atoms with Crippen molar-refractivity contribution in [1.29, 1.82) is 5.26 Å². The van der Waals surface area contributed by atoms with Crippen LogP contribution in [0.2, 0.25) is 0 Å². The fourth-order valence-corrected chi connectivity index (χ4v) is 3.62. The summed E-state index contributed by atoms with van der Waals surface area (Å²) < 4.78 is 2.14. The maximum Gasteiger partial charge on any atom is 0.101 e. The molecule has 1 aliphatic rings. The maximum absolute atomic E-state index is 9.29. The Labute approximate surface area is 159 Å². The minimum Gasteiger partial charge on any atom is -0.306 e. The van der Waals surface area contributed by atoms with E-state index in [1.807, 2.05) is 48.8 Å². The van der Waals surface area contributed by atoms with Crippen LogP contribution in [0.25, 0.3) is 22.4 Å². The van der Waals surface area contributed by atoms with Crippen LogP contribution in [0.15, 0.2) is 48.8 Å². The molecule has 136 valence electrons. The van der Waals surface area contributed by atoms with Gasteiger partial charge in [-0.1, -0.05) is 32.9 Å². The van der Waals surface area contributed by atoms with Gasteiger partial charge in [0.1, 0.15) is 5.69 Å². The smallest absolute Gasteiger partial charge is 0.101 e. The predicted molar refractivity (Wildman–Crippen MR) is 106 cm³/mol. The molecular formula is C22H23N5. The minimum absolute atomic E-state index is 0.154. The third-order valence-electron chi connectivity index (χ3n) is 5.21. The molecule has 0 spiro atoms. The van der Waals surface area contributed by atoms with Gasteiger partial charge in [-0.25, -0.2) is 0 Å². The monoisotopic (exact) mass is 357 g/mol. The van der Waals surface area contributed by atoms with Crippen molar-refractivity contribution >= 4 is 0 Å². The second-order valence-electron chi connectivity index (χ2n) is 8.08. The molecule has 0 aliphatic carbocycles. The zero-order valence-corrected chi connectivity index (χ0v) is 15.9. The van der Waals surface area contributed by atoms with E-state index in [-0.39, 0.29) is 5.41 Å². The summed E-state index contributed by atoms with van der Waals surface area (Å²) in [5.41, 5.74) is 6.08. The molecule has 1 aliphatic heterocycles. The van der Waals surface area contributed by atoms with Gasteiger partial charge in [0.2, 0.25) is 0 Å². The second-order valence-corrected chi connectivity index (χ2v) is 8.08. The van der Waals surface area contributed by atoms with Gasteiger partial charge >= 0.3 is 0 Å². The van der Waals surface area contributed by atoms with Gasteiger partial charge in [0.05, 0.1) is 23.9 Å². The number of nitrogens with zero attached hydrogens (tertiary/aromatic N) is 4. The van der Waals surface area contributed by atoms with Crippen LogP contribution in [0.3, 0.4) is 0 Å². The molecule has 3 heterocycles. The maximum atomic E-state index is 9.29. The average Bonchev–Trinajstić information content (AvgIpc) is 3.07. The number of nitrogens with one attached hydrogen (secondary N) is 1. The van der Waals surface area contributed by atoms with Crippen molar-refractivity contribution in [2.24, 2.45) is 5.41 Å². The highest BCUT2D eigenvalue weighted by molar-refractivity contribution is 5.83. The van der Waals surface area contributed by atoms with Crippen LogP contribution < -0.4 is 5.32 Å². The van der Waals surface area contributed by atoms with Crippen molar-refractivity contribution in [2.45, 2.75) is 39.9 Å². The summed E-state index contributed by atoms with van der Waals surface area (Å²) in [6, 6.07) is 14.3. The highest BCUT2D eigenvalue weighted by Gasteiger charge is 2.32. The lowest BCUT2D eigenvalue weighted by Crippen LogP contribution is -2.47. The Hall–Kier alpha value is -2.97. The van der Waals surface area contributed by atoms with E-state index in [4.69, 9.17) is 5.10 Å². The SMILES string of the molecule is CC(C)(C)[C@H]1Cn2nc(-c3cccc(C#N)c3)c(-c3ccncc3)c2CN1. The predicted octanol–water partition coefficient (Wildman–Crippen LogP) is 4.00. The first-order valence-corrected chi connectivity index (χ1v) is 9.21. The van der Waals surface area contributed by atoms with Crippen molar-refractivity contribution in [3.05, 3.63) is 60.0 Å². The van der Waals surface area contributed by atoms with Crippen LogP contribution in [0.5, 0.6) is 0 Å². The molecule has 5 nitrogen and oxygen atoms in total. The second kappa shape index (κ2) is 6.64. The Morgan fingerprint density at radius 3 is 2.63 bits per heavy atom. The first kappa shape index (κ1) is 17.4. The quantitative estimate of drug-likeness (QED) is 0.753. The van der Waals surface area contributed by atoms with E-state index in [0.29, 0.717) is 11.6 Å². The van der Waals surface area contributed by atoms with Gasteiger partial charge in [-0.2, -0.15) is 10.4 Å². The fourth-order valence-electron chi connectivity index (χ4n) is 3.62. The zero-order valence-electron chi connectivity index (χ0n) is 15.9. The summed E-state index contributed by atoms with van der Waals surface area (Å²) in [5.74, 6) is 0. The van der Waals surface area contributed by atoms with Crippen molar-refractivity contribution in [1.82, 2.24) is 20.1 Å². The van der Waals surface area contributed by atoms with Gasteiger partial charge in [0.15, 0.2) is 0 Å². The summed E-state index contributed by atoms with van der Waals surface area (Å²) in [6.45, 7) is 8.35. The summed E-state index contributed by atoms with van der Waals surface area (Å²) in [7, 11) is 0. The standard InChI is InChI=1S/C22H23N5/c1-22(2,3)19-14-27-18(13-25-19)20(16-7-9-24-10-8-16)21(26-27)17-6-4-5-15(11-17)12-23/h4-11,19,25H,13-14H2,1-3H3/t19-/m1/s1. The molecule has 0 amide bonds. The topological polar surface area (TPSA) is 66.5 Å². The highest BCUT2D eigenvalue weighted by atomic mass is 15.3. The van der Waals surface area contributed by atoms with E-state index < -0.39 is 0 Å². The van der Waals surface area contributed by atoms with Crippen LogP contribution in [0.1, 0.15) is 32.0 Å². The van der Waals surface area contributed by atoms with Gasteiger partial charge < -0.3 is 5.32 Å². The van der Waals surface area contributed by atoms with Crippen molar-refractivity contribution in [2.75, 3.05) is 0 Å². The Balaban J connectivity index is 1.89. The largest absolute Gasteiger partial charge is 0.306 e. The van der Waals surface area contributed by atoms with Crippen molar-refractivity contribution in [3.63, 3.8) is 0 Å². The van der Waals surface area contributed by atoms with E-state index in [2.05, 4.69) is 41.8 Å². The van der Waals surface area contributed by atoms with E-state index in [1.54, 1.807) is 0 Å². The molecule has 0 saturated heterocycles. The molecule has 27 heavy (non-hydrogen) atoms. The first-order chi connectivity index (χ1) is 13.0. The number of benzene rings is 1. The van der Waals surface area contributed by atoms with Crippen LogP contribution >= 0.6 is 0 Å². The van der Waals surface area contributed by atoms with Gasteiger partial charge in [0, 0.05) is 36.1 Å². The molecule has 5 heteroatoms. The number of rotatable bonds is 2. The molecule has 1 aromatic carbocycles. The van der Waals surface area contributed by atoms with Crippen molar-refractivity contribution in [3.8, 4) is 28.5 Å². The lowest BCUT2D eigenvalue weighted by atomic mass is 9.85. The third-order valence-corrected chi connectivity index (χ3v) is 5.21. The summed E-state index contributed by atoms with van der Waals surface area (Å²) in [4.78, 5) is 4.16. The minimum atomic E-state index is 0.154. The first-order valence-electron chi connectivity index (χ1n) is 9.21. The Bertz CT molecular complexity index is 1010. The molecule has 0 unspecified atom stereocenters. The van der Waals surface area contributed by atoms with Gasteiger partial charge in [-0.15, -0.1) is 0 Å². The molecule has 1 N–H and O–H groups in total. The number of nitriles is 1. The Morgan fingerprint density at radius 1 is 1.15 bits per heavy atom. The molecule has 2 aromatic heterocycles. The zero-order chi connectivity index (χ0) is 19.0. The van der Waals surface area contributed by atoms with Crippen LogP contribution in [-0.2, 0) is 13.1 Å². The number of hydrogen-bond donors (Lipinski definition) is 1. The van der Waals surface area contributed by atoms with Gasteiger partial charge in [-0.3, -0.25) is 9.67 Å². The van der Waals surface area contributed by atoms with E-state index in [9.17, 15) is 5.26 Å². The van der Waals surface area contributed by atoms with E-state index in [0.717, 1.165) is 35.5 Å². The van der Waals surface area contributed by atoms with Crippen LogP contribution in [0.4, 0.5) is 0 Å². The molecule has 0 radical (unpaired) electrons. The lowest BCUT2D eigenvalue weighted by molar-refractivity contribution is 0.211. The fraction of sp³-hybridized carbons (Fsp3) is 0.318.